The van der Waals surface area contributed by atoms with Crippen LogP contribution in [0.25, 0.3) is 10.8 Å². The summed E-state index contributed by atoms with van der Waals surface area (Å²) in [6, 6.07) is 15.2. The van der Waals surface area contributed by atoms with E-state index in [4.69, 9.17) is 14.7 Å². The first-order chi connectivity index (χ1) is 19.6. The van der Waals surface area contributed by atoms with Crippen molar-refractivity contribution in [3.8, 4) is 6.01 Å². The highest BCUT2D eigenvalue weighted by atomic mass is 19.1. The van der Waals surface area contributed by atoms with Crippen molar-refractivity contribution in [2.45, 2.75) is 87.0 Å². The number of alkyl halides is 1. The molecule has 6 aliphatic rings. The van der Waals surface area contributed by atoms with E-state index in [-0.39, 0.29) is 11.0 Å². The number of hydrogen-bond donors (Lipinski definition) is 1. The van der Waals surface area contributed by atoms with Crippen molar-refractivity contribution in [1.82, 2.24) is 20.2 Å². The van der Waals surface area contributed by atoms with Crippen molar-refractivity contribution in [2.24, 2.45) is 0 Å². The lowest BCUT2D eigenvalue weighted by molar-refractivity contribution is 0.107. The second-order valence-electron chi connectivity index (χ2n) is 13.6. The number of nitrogens with one attached hydrogen (secondary N) is 1. The summed E-state index contributed by atoms with van der Waals surface area (Å²) in [6.45, 7) is 3.98. The zero-order valence-electron chi connectivity index (χ0n) is 23.2. The molecular weight excluding hydrogens is 501 g/mol. The number of fused-ring (bicyclic) bond motifs is 5. The van der Waals surface area contributed by atoms with Gasteiger partial charge in [0, 0.05) is 55.5 Å². The molecular formula is C33H38FN5O. The van der Waals surface area contributed by atoms with Gasteiger partial charge in [-0.15, -0.1) is 0 Å². The van der Waals surface area contributed by atoms with Gasteiger partial charge in [-0.05, 0) is 73.4 Å². The fourth-order valence-electron chi connectivity index (χ4n) is 9.46. The quantitative estimate of drug-likeness (QED) is 0.527. The van der Waals surface area contributed by atoms with E-state index in [1.54, 1.807) is 0 Å². The zero-order chi connectivity index (χ0) is 26.5. The van der Waals surface area contributed by atoms with E-state index in [1.807, 2.05) is 0 Å². The molecule has 7 heteroatoms. The number of anilines is 1. The molecule has 0 amide bonds. The van der Waals surface area contributed by atoms with Crippen LogP contribution in [0.15, 0.2) is 36.4 Å². The fourth-order valence-corrected chi connectivity index (χ4v) is 9.46. The molecule has 5 atom stereocenters. The van der Waals surface area contributed by atoms with Crippen LogP contribution in [0.4, 0.5) is 10.2 Å². The Morgan fingerprint density at radius 1 is 1.00 bits per heavy atom. The SMILES string of the molecule is F[C@H]1CN2CCC[C@@]2(COc2nc3c(c(N4C[C@H]5CC[C@@H](C4)N5)n2)CCC2(C3)Cc3cccc4cccc2c34)C1. The molecule has 0 saturated carbocycles. The Kier molecular flexibility index (Phi) is 5.15. The van der Waals surface area contributed by atoms with Gasteiger partial charge in [0.15, 0.2) is 0 Å². The Balaban J connectivity index is 1.09. The first-order valence-corrected chi connectivity index (χ1v) is 15.5. The molecule has 4 saturated heterocycles. The molecule has 1 unspecified atom stereocenters. The molecule has 9 rings (SSSR count). The summed E-state index contributed by atoms with van der Waals surface area (Å²) in [6.07, 6.45) is 8.52. The fraction of sp³-hybridized carbons (Fsp3) is 0.576. The van der Waals surface area contributed by atoms with Crippen molar-refractivity contribution >= 4 is 16.6 Å². The van der Waals surface area contributed by atoms with E-state index >= 15 is 0 Å². The smallest absolute Gasteiger partial charge is 0.318 e. The van der Waals surface area contributed by atoms with Gasteiger partial charge in [0.1, 0.15) is 18.6 Å². The van der Waals surface area contributed by atoms with Crippen molar-refractivity contribution in [1.29, 1.82) is 0 Å². The molecule has 4 fully saturated rings. The maximum Gasteiger partial charge on any atom is 0.318 e. The summed E-state index contributed by atoms with van der Waals surface area (Å²) in [5, 5.41) is 6.59. The molecule has 6 nitrogen and oxygen atoms in total. The van der Waals surface area contributed by atoms with Gasteiger partial charge >= 0.3 is 6.01 Å². The van der Waals surface area contributed by atoms with Crippen LogP contribution in [0.1, 0.15) is 60.9 Å². The predicted octanol–water partition coefficient (Wildman–Crippen LogP) is 4.51. The monoisotopic (exact) mass is 539 g/mol. The van der Waals surface area contributed by atoms with Gasteiger partial charge in [-0.2, -0.15) is 9.97 Å². The molecule has 1 spiro atoms. The van der Waals surface area contributed by atoms with Crippen molar-refractivity contribution in [3.05, 3.63) is 58.8 Å². The molecule has 0 radical (unpaired) electrons. The van der Waals surface area contributed by atoms with Gasteiger partial charge < -0.3 is 15.0 Å². The predicted molar refractivity (Wildman–Crippen MR) is 154 cm³/mol. The molecule has 1 aromatic heterocycles. The zero-order valence-corrected chi connectivity index (χ0v) is 23.2. The average molecular weight is 540 g/mol. The minimum atomic E-state index is -0.758. The van der Waals surface area contributed by atoms with E-state index in [0.717, 1.165) is 69.7 Å². The number of halogens is 1. The van der Waals surface area contributed by atoms with Crippen molar-refractivity contribution < 1.29 is 9.13 Å². The maximum atomic E-state index is 14.5. The van der Waals surface area contributed by atoms with Gasteiger partial charge in [-0.1, -0.05) is 36.4 Å². The Labute approximate surface area is 235 Å². The number of rotatable bonds is 4. The topological polar surface area (TPSA) is 53.5 Å². The second kappa shape index (κ2) is 8.62. The molecule has 2 aliphatic carbocycles. The maximum absolute atomic E-state index is 14.5. The number of hydrogen-bond acceptors (Lipinski definition) is 6. The number of benzene rings is 2. The largest absolute Gasteiger partial charge is 0.461 e. The lowest BCUT2D eigenvalue weighted by Gasteiger charge is -2.39. The Morgan fingerprint density at radius 2 is 1.85 bits per heavy atom. The van der Waals surface area contributed by atoms with Crippen LogP contribution in [0.5, 0.6) is 6.01 Å². The van der Waals surface area contributed by atoms with Crippen LogP contribution in [0, 0.1) is 0 Å². The van der Waals surface area contributed by atoms with Crippen LogP contribution in [-0.2, 0) is 24.7 Å². The summed E-state index contributed by atoms with van der Waals surface area (Å²) in [5.41, 5.74) is 5.34. The molecule has 3 aromatic rings. The standard InChI is InChI=1S/C33H38FN5O/c34-23-15-33(11-3-13-39(33)17-23)20-40-31-36-28-16-32(14-22-6-1-4-21-5-2-7-27(32)29(21)22)12-10-26(28)30(37-31)38-18-24-8-9-25(19-38)35-24/h1-2,4-7,23-25,35H,3,8-20H2/t23-,24-,25+,32?,33+/m1/s1. The Bertz CT molecular complexity index is 1490. The lowest BCUT2D eigenvalue weighted by atomic mass is 9.69. The highest BCUT2D eigenvalue weighted by Crippen LogP contribution is 2.50. The molecule has 4 aliphatic heterocycles. The Morgan fingerprint density at radius 3 is 2.73 bits per heavy atom. The van der Waals surface area contributed by atoms with Gasteiger partial charge in [-0.25, -0.2) is 4.39 Å². The van der Waals surface area contributed by atoms with Crippen LogP contribution in [0.2, 0.25) is 0 Å². The molecule has 2 bridgehead atoms. The summed E-state index contributed by atoms with van der Waals surface area (Å²) < 4.78 is 21.0. The van der Waals surface area contributed by atoms with Gasteiger partial charge in [0.05, 0.1) is 11.2 Å². The van der Waals surface area contributed by atoms with Crippen molar-refractivity contribution in [2.75, 3.05) is 37.7 Å². The van der Waals surface area contributed by atoms with Crippen LogP contribution >= 0.6 is 0 Å². The van der Waals surface area contributed by atoms with Gasteiger partial charge in [0.25, 0.3) is 0 Å². The first-order valence-electron chi connectivity index (χ1n) is 15.5. The minimum absolute atomic E-state index is 0.0788. The van der Waals surface area contributed by atoms with E-state index in [1.165, 1.54) is 40.3 Å². The Hall–Kier alpha value is -2.77. The van der Waals surface area contributed by atoms with Crippen LogP contribution in [0.3, 0.4) is 0 Å². The molecule has 208 valence electrons. The average Bonchev–Trinajstić information content (AvgIpc) is 3.68. The number of aromatic nitrogens is 2. The molecule has 2 aromatic carbocycles. The third-order valence-electron chi connectivity index (χ3n) is 11.2. The molecule has 5 heterocycles. The third-order valence-corrected chi connectivity index (χ3v) is 11.2. The van der Waals surface area contributed by atoms with E-state index < -0.39 is 6.17 Å². The van der Waals surface area contributed by atoms with Gasteiger partial charge in [-0.3, -0.25) is 4.90 Å². The molecule has 1 N–H and O–H groups in total. The van der Waals surface area contributed by atoms with Gasteiger partial charge in [0.2, 0.25) is 0 Å². The van der Waals surface area contributed by atoms with Crippen molar-refractivity contribution in [3.63, 3.8) is 0 Å². The van der Waals surface area contributed by atoms with Crippen LogP contribution in [-0.4, -0.2) is 71.4 Å². The third kappa shape index (κ3) is 3.52. The number of nitrogens with zero attached hydrogens (tertiary/aromatic N) is 4. The summed E-state index contributed by atoms with van der Waals surface area (Å²) in [7, 11) is 0. The minimum Gasteiger partial charge on any atom is -0.461 e. The molecule has 40 heavy (non-hydrogen) atoms. The number of piperazine rings is 1. The summed E-state index contributed by atoms with van der Waals surface area (Å²) in [4.78, 5) is 15.1. The highest BCUT2D eigenvalue weighted by Gasteiger charge is 2.50. The van der Waals surface area contributed by atoms with E-state index in [0.29, 0.717) is 37.7 Å². The second-order valence-corrected chi connectivity index (χ2v) is 13.6. The first kappa shape index (κ1) is 23.9. The van der Waals surface area contributed by atoms with E-state index in [9.17, 15) is 4.39 Å². The number of ether oxygens (including phenoxy) is 1. The normalized spacial score (nSPS) is 34.1. The van der Waals surface area contributed by atoms with Crippen LogP contribution < -0.4 is 15.0 Å². The highest BCUT2D eigenvalue weighted by molar-refractivity contribution is 5.92. The summed E-state index contributed by atoms with van der Waals surface area (Å²) >= 11 is 0. The summed E-state index contributed by atoms with van der Waals surface area (Å²) in [5.74, 6) is 1.09. The lowest BCUT2D eigenvalue weighted by Crippen LogP contribution is -2.52. The van der Waals surface area contributed by atoms with E-state index in [2.05, 4.69) is 51.5 Å².